The second kappa shape index (κ2) is 6.13. The van der Waals surface area contributed by atoms with Crippen LogP contribution in [0.25, 0.3) is 11.1 Å². The predicted molar refractivity (Wildman–Crippen MR) is 86.5 cm³/mol. The van der Waals surface area contributed by atoms with Gasteiger partial charge in [-0.25, -0.2) is 4.98 Å². The first-order chi connectivity index (χ1) is 11.2. The molecular weight excluding hydrogens is 316 g/mol. The van der Waals surface area contributed by atoms with E-state index in [9.17, 15) is 4.79 Å². The second-order valence-corrected chi connectivity index (χ2v) is 6.70. The lowest BCUT2D eigenvalue weighted by Gasteiger charge is -2.32. The third kappa shape index (κ3) is 2.95. The molecule has 2 aliphatic rings. The number of amides is 1. The van der Waals surface area contributed by atoms with Crippen molar-refractivity contribution in [3.05, 3.63) is 29.1 Å². The van der Waals surface area contributed by atoms with Gasteiger partial charge in [0.15, 0.2) is 11.5 Å². The molecule has 3 heterocycles. The fourth-order valence-corrected chi connectivity index (χ4v) is 3.58. The van der Waals surface area contributed by atoms with Crippen molar-refractivity contribution >= 4 is 28.6 Å². The molecule has 2 saturated heterocycles. The zero-order valence-corrected chi connectivity index (χ0v) is 13.6. The van der Waals surface area contributed by atoms with Crippen LogP contribution in [0.2, 0.25) is 5.02 Å². The molecule has 0 aliphatic carbocycles. The number of oxazole rings is 1. The van der Waals surface area contributed by atoms with E-state index in [4.69, 9.17) is 20.8 Å². The van der Waals surface area contributed by atoms with Crippen LogP contribution in [-0.2, 0) is 9.53 Å². The summed E-state index contributed by atoms with van der Waals surface area (Å²) in [6.45, 7) is 2.18. The summed E-state index contributed by atoms with van der Waals surface area (Å²) in [5.41, 5.74) is 1.56. The minimum Gasteiger partial charge on any atom is -0.440 e. The van der Waals surface area contributed by atoms with E-state index in [1.54, 1.807) is 0 Å². The van der Waals surface area contributed by atoms with Gasteiger partial charge in [-0.2, -0.15) is 0 Å². The highest BCUT2D eigenvalue weighted by atomic mass is 35.5. The Kier molecular flexibility index (Phi) is 3.99. The number of fused-ring (bicyclic) bond motifs is 1. The number of rotatable bonds is 2. The smallest absolute Gasteiger partial charge is 0.251 e. The van der Waals surface area contributed by atoms with Crippen molar-refractivity contribution in [2.75, 3.05) is 19.7 Å². The Hall–Kier alpha value is -1.59. The minimum atomic E-state index is -0.224. The number of carbonyl (C=O) groups excluding carboxylic acids is 1. The molecule has 0 saturated carbocycles. The van der Waals surface area contributed by atoms with Crippen molar-refractivity contribution in [2.24, 2.45) is 0 Å². The molecule has 0 spiro atoms. The summed E-state index contributed by atoms with van der Waals surface area (Å²) in [4.78, 5) is 18.9. The lowest BCUT2D eigenvalue weighted by molar-refractivity contribution is -0.142. The molecule has 1 atom stereocenters. The highest BCUT2D eigenvalue weighted by Gasteiger charge is 2.32. The van der Waals surface area contributed by atoms with Gasteiger partial charge in [0.25, 0.3) is 5.91 Å². The first-order valence-electron chi connectivity index (χ1n) is 8.17. The summed E-state index contributed by atoms with van der Waals surface area (Å²) in [6, 6.07) is 5.48. The molecule has 1 aromatic carbocycles. The van der Waals surface area contributed by atoms with Crippen molar-refractivity contribution in [2.45, 2.75) is 37.7 Å². The molecule has 2 aromatic rings. The van der Waals surface area contributed by atoms with Crippen LogP contribution in [0.1, 0.15) is 37.5 Å². The summed E-state index contributed by atoms with van der Waals surface area (Å²) in [7, 11) is 0. The first-order valence-corrected chi connectivity index (χ1v) is 8.55. The molecule has 0 N–H and O–H groups in total. The monoisotopic (exact) mass is 334 g/mol. The number of likely N-dealkylation sites (tertiary alicyclic amines) is 1. The van der Waals surface area contributed by atoms with E-state index < -0.39 is 0 Å². The number of piperidine rings is 1. The van der Waals surface area contributed by atoms with Gasteiger partial charge in [0.05, 0.1) is 0 Å². The van der Waals surface area contributed by atoms with Crippen molar-refractivity contribution in [1.82, 2.24) is 9.88 Å². The Morgan fingerprint density at radius 2 is 2.09 bits per heavy atom. The van der Waals surface area contributed by atoms with Crippen LogP contribution in [0.3, 0.4) is 0 Å². The minimum absolute atomic E-state index is 0.144. The average Bonchev–Trinajstić information content (AvgIpc) is 3.23. The third-order valence-electron chi connectivity index (χ3n) is 4.73. The van der Waals surface area contributed by atoms with Crippen molar-refractivity contribution in [3.63, 3.8) is 0 Å². The molecule has 0 radical (unpaired) electrons. The maximum atomic E-state index is 12.4. The van der Waals surface area contributed by atoms with Gasteiger partial charge < -0.3 is 14.1 Å². The van der Waals surface area contributed by atoms with E-state index in [2.05, 4.69) is 4.98 Å². The number of ether oxygens (including phenoxy) is 1. The van der Waals surface area contributed by atoms with E-state index in [1.165, 1.54) is 0 Å². The van der Waals surface area contributed by atoms with Gasteiger partial charge >= 0.3 is 0 Å². The molecule has 6 heteroatoms. The Labute approximate surface area is 139 Å². The normalized spacial score (nSPS) is 22.8. The molecule has 2 fully saturated rings. The maximum Gasteiger partial charge on any atom is 0.251 e. The van der Waals surface area contributed by atoms with Gasteiger partial charge in [-0.1, -0.05) is 11.6 Å². The quantitative estimate of drug-likeness (QED) is 0.845. The molecule has 1 unspecified atom stereocenters. The molecule has 5 nitrogen and oxygen atoms in total. The highest BCUT2D eigenvalue weighted by Crippen LogP contribution is 2.31. The topological polar surface area (TPSA) is 55.6 Å². The molecule has 2 aliphatic heterocycles. The fourth-order valence-electron chi connectivity index (χ4n) is 3.42. The number of aromatic nitrogens is 1. The number of hydrogen-bond acceptors (Lipinski definition) is 4. The Balaban J connectivity index is 1.43. The summed E-state index contributed by atoms with van der Waals surface area (Å²) in [5, 5.41) is 0.661. The SMILES string of the molecule is O=C(C1CCCO1)N1CCC(c2nc3cc(Cl)ccc3o2)CC1. The largest absolute Gasteiger partial charge is 0.440 e. The number of benzene rings is 1. The third-order valence-corrected chi connectivity index (χ3v) is 4.96. The highest BCUT2D eigenvalue weighted by molar-refractivity contribution is 6.31. The number of nitrogens with zero attached hydrogens (tertiary/aromatic N) is 2. The summed E-state index contributed by atoms with van der Waals surface area (Å²) in [5.74, 6) is 1.16. The zero-order valence-electron chi connectivity index (χ0n) is 12.8. The van der Waals surface area contributed by atoms with E-state index >= 15 is 0 Å². The Morgan fingerprint density at radius 3 is 2.83 bits per heavy atom. The molecule has 1 aromatic heterocycles. The van der Waals surface area contributed by atoms with E-state index in [-0.39, 0.29) is 17.9 Å². The van der Waals surface area contributed by atoms with Gasteiger partial charge in [-0.05, 0) is 43.9 Å². The molecule has 122 valence electrons. The molecule has 23 heavy (non-hydrogen) atoms. The van der Waals surface area contributed by atoms with Gasteiger partial charge in [0, 0.05) is 30.6 Å². The molecule has 0 bridgehead atoms. The zero-order chi connectivity index (χ0) is 15.8. The number of halogens is 1. The van der Waals surface area contributed by atoms with Crippen molar-refractivity contribution < 1.29 is 13.9 Å². The van der Waals surface area contributed by atoms with E-state index in [0.717, 1.165) is 55.8 Å². The van der Waals surface area contributed by atoms with Crippen molar-refractivity contribution in [1.29, 1.82) is 0 Å². The van der Waals surface area contributed by atoms with Gasteiger partial charge in [-0.15, -0.1) is 0 Å². The lowest BCUT2D eigenvalue weighted by atomic mass is 9.96. The van der Waals surface area contributed by atoms with Crippen LogP contribution < -0.4 is 0 Å². The average molecular weight is 335 g/mol. The summed E-state index contributed by atoms with van der Waals surface area (Å²) in [6.07, 6.45) is 3.36. The van der Waals surface area contributed by atoms with Crippen LogP contribution >= 0.6 is 11.6 Å². The fraction of sp³-hybridized carbons (Fsp3) is 0.529. The maximum absolute atomic E-state index is 12.4. The Morgan fingerprint density at radius 1 is 1.26 bits per heavy atom. The van der Waals surface area contributed by atoms with Gasteiger partial charge in [0.1, 0.15) is 11.6 Å². The van der Waals surface area contributed by atoms with Crippen LogP contribution in [0, 0.1) is 0 Å². The molecular formula is C17H19ClN2O3. The predicted octanol–water partition coefficient (Wildman–Crippen LogP) is 3.37. The van der Waals surface area contributed by atoms with Crippen LogP contribution in [0.15, 0.2) is 22.6 Å². The Bertz CT molecular complexity index is 716. The van der Waals surface area contributed by atoms with Crippen LogP contribution in [-0.4, -0.2) is 41.6 Å². The van der Waals surface area contributed by atoms with E-state index in [0.29, 0.717) is 11.6 Å². The van der Waals surface area contributed by atoms with Crippen LogP contribution in [0.5, 0.6) is 0 Å². The molecule has 1 amide bonds. The second-order valence-electron chi connectivity index (χ2n) is 6.27. The van der Waals surface area contributed by atoms with Gasteiger partial charge in [0.2, 0.25) is 0 Å². The van der Waals surface area contributed by atoms with Crippen LogP contribution in [0.4, 0.5) is 0 Å². The van der Waals surface area contributed by atoms with Gasteiger partial charge in [-0.3, -0.25) is 4.79 Å². The standard InChI is InChI=1S/C17H19ClN2O3/c18-12-3-4-14-13(10-12)19-16(23-14)11-5-7-20(8-6-11)17(21)15-2-1-9-22-15/h3-4,10-11,15H,1-2,5-9H2. The lowest BCUT2D eigenvalue weighted by Crippen LogP contribution is -2.43. The summed E-state index contributed by atoms with van der Waals surface area (Å²) >= 11 is 5.99. The number of carbonyl (C=O) groups is 1. The molecule has 4 rings (SSSR count). The number of hydrogen-bond donors (Lipinski definition) is 0. The summed E-state index contributed by atoms with van der Waals surface area (Å²) < 4.78 is 11.4. The van der Waals surface area contributed by atoms with Crippen molar-refractivity contribution in [3.8, 4) is 0 Å². The van der Waals surface area contributed by atoms with E-state index in [1.807, 2.05) is 23.1 Å². The first kappa shape index (κ1) is 15.0.